The Hall–Kier alpha value is -2.35. The van der Waals surface area contributed by atoms with Crippen molar-refractivity contribution in [3.8, 4) is 0 Å². The van der Waals surface area contributed by atoms with Gasteiger partial charge in [0.15, 0.2) is 0 Å². The van der Waals surface area contributed by atoms with Crippen molar-refractivity contribution in [3.05, 3.63) is 30.6 Å². The third kappa shape index (κ3) is 2.98. The van der Waals surface area contributed by atoms with E-state index in [2.05, 4.69) is 26.4 Å². The van der Waals surface area contributed by atoms with Crippen molar-refractivity contribution in [1.29, 1.82) is 0 Å². The second kappa shape index (κ2) is 7.11. The molecule has 8 heteroatoms. The van der Waals surface area contributed by atoms with Gasteiger partial charge >= 0.3 is 0 Å². The lowest BCUT2D eigenvalue weighted by atomic mass is 9.98. The van der Waals surface area contributed by atoms with Gasteiger partial charge in [0.1, 0.15) is 11.9 Å². The molecule has 0 bridgehead atoms. The number of anilines is 1. The Labute approximate surface area is 153 Å². The van der Waals surface area contributed by atoms with Crippen molar-refractivity contribution < 1.29 is 9.53 Å². The van der Waals surface area contributed by atoms with Crippen LogP contribution in [-0.2, 0) is 23.1 Å². The van der Waals surface area contributed by atoms with E-state index in [-0.39, 0.29) is 17.9 Å². The molecular formula is C18H26N6O2. The van der Waals surface area contributed by atoms with E-state index in [9.17, 15) is 4.79 Å². The van der Waals surface area contributed by atoms with Crippen molar-refractivity contribution >= 4 is 11.9 Å². The lowest BCUT2D eigenvalue weighted by Crippen LogP contribution is -2.51. The first-order valence-electron chi connectivity index (χ1n) is 9.32. The zero-order valence-electron chi connectivity index (χ0n) is 15.4. The molecule has 26 heavy (non-hydrogen) atoms. The number of carbonyl (C=O) groups excluding carboxylic acids is 1. The minimum absolute atomic E-state index is 0.137. The predicted octanol–water partition coefficient (Wildman–Crippen LogP) is 1.06. The van der Waals surface area contributed by atoms with Crippen LogP contribution >= 0.6 is 0 Å². The summed E-state index contributed by atoms with van der Waals surface area (Å²) in [6.45, 7) is 6.57. The number of imidazole rings is 2. The fourth-order valence-corrected chi connectivity index (χ4v) is 3.97. The Balaban J connectivity index is 1.42. The van der Waals surface area contributed by atoms with E-state index in [0.717, 1.165) is 50.9 Å². The maximum absolute atomic E-state index is 13.1. The highest BCUT2D eigenvalue weighted by atomic mass is 16.5. The van der Waals surface area contributed by atoms with Crippen LogP contribution in [0, 0.1) is 5.92 Å². The van der Waals surface area contributed by atoms with Gasteiger partial charge in [-0.3, -0.25) is 4.79 Å². The van der Waals surface area contributed by atoms with Crippen molar-refractivity contribution in [3.63, 3.8) is 0 Å². The van der Waals surface area contributed by atoms with Crippen LogP contribution in [0.5, 0.6) is 0 Å². The monoisotopic (exact) mass is 358 g/mol. The maximum atomic E-state index is 13.1. The van der Waals surface area contributed by atoms with Gasteiger partial charge in [0, 0.05) is 71.2 Å². The van der Waals surface area contributed by atoms with E-state index < -0.39 is 0 Å². The van der Waals surface area contributed by atoms with Crippen LogP contribution in [-0.4, -0.2) is 62.7 Å². The molecule has 2 aliphatic heterocycles. The lowest BCUT2D eigenvalue weighted by molar-refractivity contribution is -0.138. The number of hydrogen-bond donors (Lipinski definition) is 0. The summed E-state index contributed by atoms with van der Waals surface area (Å²) in [4.78, 5) is 26.2. The summed E-state index contributed by atoms with van der Waals surface area (Å²) in [5, 5.41) is 0. The average Bonchev–Trinajstić information content (AvgIpc) is 3.40. The molecule has 0 unspecified atom stereocenters. The summed E-state index contributed by atoms with van der Waals surface area (Å²) in [6, 6.07) is 0. The van der Waals surface area contributed by atoms with E-state index in [0.29, 0.717) is 6.61 Å². The second-order valence-corrected chi connectivity index (χ2v) is 6.91. The number of carbonyl (C=O) groups is 1. The smallest absolute Gasteiger partial charge is 0.228 e. The highest BCUT2D eigenvalue weighted by Gasteiger charge is 2.40. The molecule has 8 nitrogen and oxygen atoms in total. The molecule has 2 fully saturated rings. The van der Waals surface area contributed by atoms with Crippen LogP contribution in [0.1, 0.15) is 25.3 Å². The number of aromatic nitrogens is 4. The Bertz CT molecular complexity index is 761. The molecule has 0 radical (unpaired) electrons. The molecule has 2 atom stereocenters. The fraction of sp³-hybridized carbons (Fsp3) is 0.611. The lowest BCUT2D eigenvalue weighted by Gasteiger charge is -2.36. The highest BCUT2D eigenvalue weighted by Crippen LogP contribution is 2.35. The minimum Gasteiger partial charge on any atom is -0.369 e. The number of ether oxygens (including phenoxy) is 1. The first kappa shape index (κ1) is 17.1. The van der Waals surface area contributed by atoms with Crippen LogP contribution in [0.3, 0.4) is 0 Å². The topological polar surface area (TPSA) is 68.4 Å². The maximum Gasteiger partial charge on any atom is 0.228 e. The van der Waals surface area contributed by atoms with Crippen LogP contribution in [0.15, 0.2) is 24.8 Å². The zero-order chi connectivity index (χ0) is 18.1. The molecule has 1 amide bonds. The normalized spacial score (nSPS) is 23.6. The highest BCUT2D eigenvalue weighted by molar-refractivity contribution is 5.80. The van der Waals surface area contributed by atoms with Gasteiger partial charge in [-0.2, -0.15) is 0 Å². The van der Waals surface area contributed by atoms with Crippen molar-refractivity contribution in [2.45, 2.75) is 26.0 Å². The predicted molar refractivity (Wildman–Crippen MR) is 96.7 cm³/mol. The Morgan fingerprint density at radius 2 is 1.96 bits per heavy atom. The number of hydrogen-bond acceptors (Lipinski definition) is 5. The van der Waals surface area contributed by atoms with Crippen LogP contribution in [0.25, 0.3) is 0 Å². The van der Waals surface area contributed by atoms with E-state index in [1.54, 1.807) is 6.20 Å². The quantitative estimate of drug-likeness (QED) is 0.818. The number of rotatable bonds is 4. The molecule has 2 aliphatic rings. The first-order chi connectivity index (χ1) is 12.7. The molecule has 4 heterocycles. The third-order valence-corrected chi connectivity index (χ3v) is 5.42. The molecule has 4 rings (SSSR count). The Morgan fingerprint density at radius 1 is 1.19 bits per heavy atom. The Kier molecular flexibility index (Phi) is 4.67. The molecule has 140 valence electrons. The van der Waals surface area contributed by atoms with Gasteiger partial charge in [0.25, 0.3) is 0 Å². The first-order valence-corrected chi connectivity index (χ1v) is 9.32. The molecule has 2 saturated heterocycles. The summed E-state index contributed by atoms with van der Waals surface area (Å²) >= 11 is 0. The molecule has 2 aromatic heterocycles. The molecule has 2 aromatic rings. The summed E-state index contributed by atoms with van der Waals surface area (Å²) in [5.74, 6) is 1.89. The molecule has 0 N–H and O–H groups in total. The summed E-state index contributed by atoms with van der Waals surface area (Å²) in [5.41, 5.74) is 0. The van der Waals surface area contributed by atoms with Gasteiger partial charge in [-0.1, -0.05) is 0 Å². The SMILES string of the molecule is CCn1ccnc1[C@@H]1OCC[C@H]1C(=O)N1CCN(c2nccn2C)CC1. The Morgan fingerprint density at radius 3 is 2.65 bits per heavy atom. The van der Waals surface area contributed by atoms with Gasteiger partial charge in [0.05, 0.1) is 5.92 Å². The van der Waals surface area contributed by atoms with Gasteiger partial charge in [-0.25, -0.2) is 9.97 Å². The largest absolute Gasteiger partial charge is 0.369 e. The molecular weight excluding hydrogens is 332 g/mol. The van der Waals surface area contributed by atoms with Gasteiger partial charge in [-0.15, -0.1) is 0 Å². The molecule has 0 saturated carbocycles. The average molecular weight is 358 g/mol. The standard InChI is InChI=1S/C18H26N6O2/c1-3-22-8-6-19-16(22)15-14(4-13-26-15)17(25)23-9-11-24(12-10-23)18-20-5-7-21(18)2/h5-8,14-15H,3-4,9-13H2,1-2H3/t14-,15-/m1/s1. The minimum atomic E-state index is -0.231. The van der Waals surface area contributed by atoms with Crippen LogP contribution < -0.4 is 4.90 Å². The number of aryl methyl sites for hydroxylation is 2. The van der Waals surface area contributed by atoms with Crippen molar-refractivity contribution in [2.24, 2.45) is 13.0 Å². The van der Waals surface area contributed by atoms with Crippen LogP contribution in [0.4, 0.5) is 5.95 Å². The third-order valence-electron chi connectivity index (χ3n) is 5.42. The van der Waals surface area contributed by atoms with E-state index in [1.165, 1.54) is 0 Å². The van der Waals surface area contributed by atoms with Crippen molar-refractivity contribution in [1.82, 2.24) is 24.0 Å². The summed E-state index contributed by atoms with van der Waals surface area (Å²) < 4.78 is 9.99. The summed E-state index contributed by atoms with van der Waals surface area (Å²) in [7, 11) is 2.00. The second-order valence-electron chi connectivity index (χ2n) is 6.91. The van der Waals surface area contributed by atoms with Gasteiger partial charge in [0.2, 0.25) is 11.9 Å². The van der Waals surface area contributed by atoms with Crippen LogP contribution in [0.2, 0.25) is 0 Å². The summed E-state index contributed by atoms with van der Waals surface area (Å²) in [6.07, 6.45) is 8.02. The number of amides is 1. The van der Waals surface area contributed by atoms with E-state index in [1.807, 2.05) is 35.1 Å². The van der Waals surface area contributed by atoms with E-state index in [4.69, 9.17) is 4.74 Å². The van der Waals surface area contributed by atoms with Crippen molar-refractivity contribution in [2.75, 3.05) is 37.7 Å². The fourth-order valence-electron chi connectivity index (χ4n) is 3.97. The van der Waals surface area contributed by atoms with Gasteiger partial charge < -0.3 is 23.7 Å². The van der Waals surface area contributed by atoms with E-state index >= 15 is 0 Å². The van der Waals surface area contributed by atoms with Gasteiger partial charge in [-0.05, 0) is 13.3 Å². The number of nitrogens with zero attached hydrogens (tertiary/aromatic N) is 6. The molecule has 0 aliphatic carbocycles. The zero-order valence-corrected chi connectivity index (χ0v) is 15.4. The molecule has 0 spiro atoms. The molecule has 0 aromatic carbocycles. The number of piperazine rings is 1.